The molecule has 11 heteroatoms. The van der Waals surface area contributed by atoms with Gasteiger partial charge in [0.05, 0.1) is 18.4 Å². The molecule has 10 nitrogen and oxygen atoms in total. The number of hydrazone groups is 1. The number of hydrogen-bond acceptors (Lipinski definition) is 9. The number of amides is 2. The van der Waals surface area contributed by atoms with Gasteiger partial charge >= 0.3 is 17.8 Å². The SMILES string of the molecule is CCOc1ccc(C(=O)Oc2ccc(/C=N\NC(=O)C(=O)Nc3nnc(-c4ccccc4)s3)cc2)cc1. The maximum atomic E-state index is 12.3. The van der Waals surface area contributed by atoms with Crippen molar-refractivity contribution < 1.29 is 23.9 Å². The summed E-state index contributed by atoms with van der Waals surface area (Å²) in [7, 11) is 0. The van der Waals surface area contributed by atoms with Crippen LogP contribution in [-0.2, 0) is 9.59 Å². The quantitative estimate of drug-likeness (QED) is 0.120. The second-order valence-corrected chi connectivity index (χ2v) is 8.33. The van der Waals surface area contributed by atoms with Gasteiger partial charge < -0.3 is 9.47 Å². The number of aromatic nitrogens is 2. The van der Waals surface area contributed by atoms with Crippen molar-refractivity contribution in [2.45, 2.75) is 6.92 Å². The summed E-state index contributed by atoms with van der Waals surface area (Å²) in [6.07, 6.45) is 1.35. The summed E-state index contributed by atoms with van der Waals surface area (Å²) < 4.78 is 10.7. The molecule has 0 spiro atoms. The summed E-state index contributed by atoms with van der Waals surface area (Å²) >= 11 is 1.14. The van der Waals surface area contributed by atoms with Crippen LogP contribution < -0.4 is 20.2 Å². The molecule has 0 fully saturated rings. The fourth-order valence-corrected chi connectivity index (χ4v) is 3.73. The van der Waals surface area contributed by atoms with Crippen LogP contribution in [0.5, 0.6) is 11.5 Å². The van der Waals surface area contributed by atoms with Gasteiger partial charge in [-0.25, -0.2) is 10.2 Å². The highest BCUT2D eigenvalue weighted by atomic mass is 32.1. The molecule has 0 radical (unpaired) electrons. The third-order valence-corrected chi connectivity index (χ3v) is 5.63. The smallest absolute Gasteiger partial charge is 0.343 e. The first-order valence-electron chi connectivity index (χ1n) is 11.1. The molecule has 0 saturated heterocycles. The molecule has 3 aromatic carbocycles. The topological polar surface area (TPSA) is 132 Å². The molecule has 2 amide bonds. The summed E-state index contributed by atoms with van der Waals surface area (Å²) in [6, 6.07) is 22.4. The summed E-state index contributed by atoms with van der Waals surface area (Å²) in [4.78, 5) is 36.4. The van der Waals surface area contributed by atoms with Gasteiger partial charge in [-0.2, -0.15) is 5.10 Å². The van der Waals surface area contributed by atoms with Crippen LogP contribution in [0.2, 0.25) is 0 Å². The normalized spacial score (nSPS) is 10.6. The van der Waals surface area contributed by atoms with Crippen LogP contribution in [0, 0.1) is 0 Å². The van der Waals surface area contributed by atoms with E-state index in [1.165, 1.54) is 6.21 Å². The van der Waals surface area contributed by atoms with Crippen molar-refractivity contribution in [3.8, 4) is 22.1 Å². The number of hydrogen-bond donors (Lipinski definition) is 2. The lowest BCUT2D eigenvalue weighted by molar-refractivity contribution is -0.136. The molecule has 186 valence electrons. The van der Waals surface area contributed by atoms with Gasteiger partial charge in [0.2, 0.25) is 5.13 Å². The minimum atomic E-state index is -0.964. The molecule has 37 heavy (non-hydrogen) atoms. The summed E-state index contributed by atoms with van der Waals surface area (Å²) in [6.45, 7) is 2.42. The van der Waals surface area contributed by atoms with Gasteiger partial charge in [0.15, 0.2) is 0 Å². The third kappa shape index (κ3) is 7.05. The number of esters is 1. The molecule has 0 atom stereocenters. The van der Waals surface area contributed by atoms with Crippen LogP contribution in [0.3, 0.4) is 0 Å². The molecule has 0 aliphatic rings. The molecule has 1 aromatic heterocycles. The Morgan fingerprint density at radius 1 is 0.892 bits per heavy atom. The van der Waals surface area contributed by atoms with Gasteiger partial charge in [-0.1, -0.05) is 41.7 Å². The standard InChI is InChI=1S/C26H21N5O5S/c1-2-35-20-14-10-19(11-15-20)25(34)36-21-12-8-17(9-13-21)16-27-29-23(33)22(32)28-26-31-30-24(37-26)18-6-4-3-5-7-18/h3-16H,2H2,1H3,(H,29,33)(H,28,31,32)/b27-16-. The maximum absolute atomic E-state index is 12.3. The van der Waals surface area contributed by atoms with Gasteiger partial charge in [0.25, 0.3) is 0 Å². The van der Waals surface area contributed by atoms with E-state index in [0.717, 1.165) is 16.9 Å². The number of anilines is 1. The Labute approximate surface area is 216 Å². The number of carbonyl (C=O) groups is 3. The molecule has 4 aromatic rings. The predicted octanol–water partition coefficient (Wildman–Crippen LogP) is 3.91. The number of nitrogens with one attached hydrogen (secondary N) is 2. The zero-order valence-electron chi connectivity index (χ0n) is 19.6. The van der Waals surface area contributed by atoms with Crippen molar-refractivity contribution in [1.82, 2.24) is 15.6 Å². The maximum Gasteiger partial charge on any atom is 0.343 e. The lowest BCUT2D eigenvalue weighted by Gasteiger charge is -2.06. The van der Waals surface area contributed by atoms with Crippen molar-refractivity contribution in [3.05, 3.63) is 90.0 Å². The number of rotatable bonds is 8. The summed E-state index contributed by atoms with van der Waals surface area (Å²) in [5, 5.41) is 14.9. The van der Waals surface area contributed by atoms with E-state index in [4.69, 9.17) is 9.47 Å². The van der Waals surface area contributed by atoms with E-state index < -0.39 is 17.8 Å². The first-order valence-corrected chi connectivity index (χ1v) is 11.9. The molecule has 0 unspecified atom stereocenters. The molecule has 4 rings (SSSR count). The van der Waals surface area contributed by atoms with Crippen molar-refractivity contribution in [2.75, 3.05) is 11.9 Å². The van der Waals surface area contributed by atoms with Gasteiger partial charge in [0, 0.05) is 5.56 Å². The Balaban J connectivity index is 1.25. The summed E-state index contributed by atoms with van der Waals surface area (Å²) in [5.74, 6) is -1.39. The monoisotopic (exact) mass is 515 g/mol. The van der Waals surface area contributed by atoms with Crippen molar-refractivity contribution in [3.63, 3.8) is 0 Å². The van der Waals surface area contributed by atoms with Gasteiger partial charge in [-0.15, -0.1) is 10.2 Å². The minimum absolute atomic E-state index is 0.193. The first-order chi connectivity index (χ1) is 18.0. The first kappa shape index (κ1) is 25.2. The average molecular weight is 516 g/mol. The third-order valence-electron chi connectivity index (χ3n) is 4.74. The van der Waals surface area contributed by atoms with Crippen LogP contribution >= 0.6 is 11.3 Å². The van der Waals surface area contributed by atoms with E-state index in [1.807, 2.05) is 37.3 Å². The minimum Gasteiger partial charge on any atom is -0.494 e. The number of carbonyl (C=O) groups excluding carboxylic acids is 3. The Bertz CT molecular complexity index is 1400. The van der Waals surface area contributed by atoms with E-state index in [2.05, 4.69) is 26.0 Å². The molecule has 2 N–H and O–H groups in total. The fraction of sp³-hybridized carbons (Fsp3) is 0.0769. The second kappa shape index (κ2) is 12.2. The van der Waals surface area contributed by atoms with E-state index in [1.54, 1.807) is 48.5 Å². The molecule has 0 saturated carbocycles. The molecule has 0 aliphatic carbocycles. The fourth-order valence-electron chi connectivity index (χ4n) is 2.98. The van der Waals surface area contributed by atoms with Crippen LogP contribution in [0.25, 0.3) is 10.6 Å². The summed E-state index contributed by atoms with van der Waals surface area (Å²) in [5.41, 5.74) is 4.00. The highest BCUT2D eigenvalue weighted by Crippen LogP contribution is 2.25. The number of nitrogens with zero attached hydrogens (tertiary/aromatic N) is 3. The van der Waals surface area contributed by atoms with Crippen LogP contribution in [-0.4, -0.2) is 40.8 Å². The van der Waals surface area contributed by atoms with E-state index in [-0.39, 0.29) is 5.13 Å². The van der Waals surface area contributed by atoms with E-state index >= 15 is 0 Å². The zero-order valence-corrected chi connectivity index (χ0v) is 20.4. The van der Waals surface area contributed by atoms with Crippen LogP contribution in [0.1, 0.15) is 22.8 Å². The molecular weight excluding hydrogens is 494 g/mol. The Morgan fingerprint density at radius 2 is 1.59 bits per heavy atom. The Morgan fingerprint density at radius 3 is 2.30 bits per heavy atom. The van der Waals surface area contributed by atoms with Crippen molar-refractivity contribution >= 4 is 40.5 Å². The number of ether oxygens (including phenoxy) is 2. The lowest BCUT2D eigenvalue weighted by atomic mass is 10.2. The molecule has 0 aliphatic heterocycles. The van der Waals surface area contributed by atoms with Crippen LogP contribution in [0.15, 0.2) is 84.0 Å². The number of benzene rings is 3. The van der Waals surface area contributed by atoms with Crippen LogP contribution in [0.4, 0.5) is 5.13 Å². The predicted molar refractivity (Wildman–Crippen MR) is 139 cm³/mol. The zero-order chi connectivity index (χ0) is 26.0. The lowest BCUT2D eigenvalue weighted by Crippen LogP contribution is -2.32. The highest BCUT2D eigenvalue weighted by Gasteiger charge is 2.16. The van der Waals surface area contributed by atoms with Crippen molar-refractivity contribution in [1.29, 1.82) is 0 Å². The Kier molecular flexibility index (Phi) is 8.29. The van der Waals surface area contributed by atoms with Gasteiger partial charge in [0.1, 0.15) is 16.5 Å². The van der Waals surface area contributed by atoms with Gasteiger partial charge in [-0.05, 0) is 61.0 Å². The molecule has 1 heterocycles. The largest absolute Gasteiger partial charge is 0.494 e. The second-order valence-electron chi connectivity index (χ2n) is 7.35. The van der Waals surface area contributed by atoms with E-state index in [0.29, 0.717) is 34.2 Å². The molecular formula is C26H21N5O5S. The van der Waals surface area contributed by atoms with Crippen molar-refractivity contribution in [2.24, 2.45) is 5.10 Å². The van der Waals surface area contributed by atoms with Gasteiger partial charge in [-0.3, -0.25) is 14.9 Å². The Hall–Kier alpha value is -4.90. The van der Waals surface area contributed by atoms with E-state index in [9.17, 15) is 14.4 Å². The molecule has 0 bridgehead atoms. The highest BCUT2D eigenvalue weighted by molar-refractivity contribution is 7.18. The average Bonchev–Trinajstić information content (AvgIpc) is 3.39.